The number of nitrogens with one attached hydrogen (secondary N) is 1. The van der Waals surface area contributed by atoms with Crippen LogP contribution in [0.25, 0.3) is 0 Å². The van der Waals surface area contributed by atoms with Gasteiger partial charge in [0.25, 0.3) is 0 Å². The number of unbranched alkanes of at least 4 members (excludes halogenated alkanes) is 1. The Morgan fingerprint density at radius 3 is 2.33 bits per heavy atom. The molecule has 1 N–H and O–H groups in total. The SMILES string of the molecule is CCC(NCCCCC(C)C)c1ccc(Cl)cc1. The topological polar surface area (TPSA) is 12.0 Å². The zero-order valence-electron chi connectivity index (χ0n) is 11.9. The number of hydrogen-bond donors (Lipinski definition) is 1. The second-order valence-electron chi connectivity index (χ2n) is 5.36. The maximum atomic E-state index is 5.91. The Labute approximate surface area is 117 Å². The summed E-state index contributed by atoms with van der Waals surface area (Å²) in [7, 11) is 0. The van der Waals surface area contributed by atoms with E-state index in [1.165, 1.54) is 24.8 Å². The highest BCUT2D eigenvalue weighted by Gasteiger charge is 2.07. The lowest BCUT2D eigenvalue weighted by Gasteiger charge is -2.17. The van der Waals surface area contributed by atoms with Crippen molar-refractivity contribution >= 4 is 11.6 Å². The molecule has 0 aliphatic carbocycles. The molecule has 1 aromatic rings. The van der Waals surface area contributed by atoms with Crippen molar-refractivity contribution in [2.45, 2.75) is 52.5 Å². The molecule has 1 rings (SSSR count). The number of benzene rings is 1. The lowest BCUT2D eigenvalue weighted by molar-refractivity contribution is 0.476. The Bertz CT molecular complexity index is 318. The van der Waals surface area contributed by atoms with Crippen LogP contribution in [0.4, 0.5) is 0 Å². The summed E-state index contributed by atoms with van der Waals surface area (Å²) in [5.74, 6) is 0.822. The molecule has 0 spiro atoms. The third-order valence-electron chi connectivity index (χ3n) is 3.28. The summed E-state index contributed by atoms with van der Waals surface area (Å²) in [5, 5.41) is 4.45. The molecule has 0 amide bonds. The average molecular weight is 268 g/mol. The number of halogens is 1. The fourth-order valence-corrected chi connectivity index (χ4v) is 2.27. The van der Waals surface area contributed by atoms with Crippen molar-refractivity contribution in [3.05, 3.63) is 34.9 Å². The molecule has 2 heteroatoms. The van der Waals surface area contributed by atoms with Crippen molar-refractivity contribution in [3.8, 4) is 0 Å². The molecule has 0 aliphatic heterocycles. The lowest BCUT2D eigenvalue weighted by Crippen LogP contribution is -2.21. The van der Waals surface area contributed by atoms with Crippen molar-refractivity contribution in [2.24, 2.45) is 5.92 Å². The summed E-state index contributed by atoms with van der Waals surface area (Å²) < 4.78 is 0. The van der Waals surface area contributed by atoms with Gasteiger partial charge >= 0.3 is 0 Å². The standard InChI is InChI=1S/C16H26ClN/c1-4-16(14-8-10-15(17)11-9-14)18-12-6-5-7-13(2)3/h8-11,13,16,18H,4-7,12H2,1-3H3. The summed E-state index contributed by atoms with van der Waals surface area (Å²) in [5.41, 5.74) is 1.34. The van der Waals surface area contributed by atoms with Crippen LogP contribution >= 0.6 is 11.6 Å². The predicted molar refractivity (Wildman–Crippen MR) is 81.2 cm³/mol. The maximum Gasteiger partial charge on any atom is 0.0406 e. The monoisotopic (exact) mass is 267 g/mol. The van der Waals surface area contributed by atoms with E-state index >= 15 is 0 Å². The van der Waals surface area contributed by atoms with E-state index in [4.69, 9.17) is 11.6 Å². The van der Waals surface area contributed by atoms with Crippen LogP contribution in [0.3, 0.4) is 0 Å². The Kier molecular flexibility index (Phi) is 7.38. The quantitative estimate of drug-likeness (QED) is 0.638. The Balaban J connectivity index is 2.31. The molecular formula is C16H26ClN. The highest BCUT2D eigenvalue weighted by molar-refractivity contribution is 6.30. The van der Waals surface area contributed by atoms with E-state index in [9.17, 15) is 0 Å². The van der Waals surface area contributed by atoms with Gasteiger partial charge < -0.3 is 5.32 Å². The Hall–Kier alpha value is -0.530. The molecule has 102 valence electrons. The summed E-state index contributed by atoms with van der Waals surface area (Å²) >= 11 is 5.91. The van der Waals surface area contributed by atoms with Gasteiger partial charge in [0.1, 0.15) is 0 Å². The van der Waals surface area contributed by atoms with Crippen LogP contribution in [-0.2, 0) is 0 Å². The van der Waals surface area contributed by atoms with E-state index in [1.54, 1.807) is 0 Å². The molecule has 0 fully saturated rings. The average Bonchev–Trinajstić information content (AvgIpc) is 2.35. The van der Waals surface area contributed by atoms with Crippen molar-refractivity contribution in [1.82, 2.24) is 5.32 Å². The highest BCUT2D eigenvalue weighted by atomic mass is 35.5. The van der Waals surface area contributed by atoms with Crippen molar-refractivity contribution in [3.63, 3.8) is 0 Å². The normalized spacial score (nSPS) is 12.9. The summed E-state index contributed by atoms with van der Waals surface area (Å²) in [4.78, 5) is 0. The lowest BCUT2D eigenvalue weighted by atomic mass is 10.0. The van der Waals surface area contributed by atoms with Crippen molar-refractivity contribution in [2.75, 3.05) is 6.54 Å². The second-order valence-corrected chi connectivity index (χ2v) is 5.79. The van der Waals surface area contributed by atoms with Gasteiger partial charge in [-0.25, -0.2) is 0 Å². The first-order valence-electron chi connectivity index (χ1n) is 7.12. The largest absolute Gasteiger partial charge is 0.310 e. The molecule has 0 aliphatic rings. The van der Waals surface area contributed by atoms with Gasteiger partial charge in [-0.1, -0.05) is 57.3 Å². The third kappa shape index (κ3) is 5.88. The van der Waals surface area contributed by atoms with E-state index in [-0.39, 0.29) is 0 Å². The molecule has 1 atom stereocenters. The zero-order valence-corrected chi connectivity index (χ0v) is 12.6. The van der Waals surface area contributed by atoms with Gasteiger partial charge in [0.2, 0.25) is 0 Å². The first-order valence-corrected chi connectivity index (χ1v) is 7.50. The number of hydrogen-bond acceptors (Lipinski definition) is 1. The van der Waals surface area contributed by atoms with Gasteiger partial charge in [-0.2, -0.15) is 0 Å². The molecule has 1 nitrogen and oxygen atoms in total. The first kappa shape index (κ1) is 15.5. The van der Waals surface area contributed by atoms with Crippen LogP contribution in [0.1, 0.15) is 58.1 Å². The zero-order chi connectivity index (χ0) is 13.4. The molecule has 1 unspecified atom stereocenters. The summed E-state index contributed by atoms with van der Waals surface area (Å²) in [6, 6.07) is 8.65. The van der Waals surface area contributed by atoms with E-state index in [2.05, 4.69) is 38.2 Å². The van der Waals surface area contributed by atoms with E-state index in [0.717, 1.165) is 23.9 Å². The van der Waals surface area contributed by atoms with Crippen LogP contribution in [0, 0.1) is 5.92 Å². The Morgan fingerprint density at radius 2 is 1.78 bits per heavy atom. The number of rotatable bonds is 8. The molecule has 0 saturated heterocycles. The van der Waals surface area contributed by atoms with Gasteiger partial charge in [-0.05, 0) is 43.0 Å². The van der Waals surface area contributed by atoms with Crippen molar-refractivity contribution in [1.29, 1.82) is 0 Å². The molecule has 0 bridgehead atoms. The fraction of sp³-hybridized carbons (Fsp3) is 0.625. The van der Waals surface area contributed by atoms with E-state index in [0.29, 0.717) is 6.04 Å². The Morgan fingerprint density at radius 1 is 1.11 bits per heavy atom. The molecule has 0 radical (unpaired) electrons. The summed E-state index contributed by atoms with van der Waals surface area (Å²) in [6.07, 6.45) is 5.04. The molecule has 0 saturated carbocycles. The minimum Gasteiger partial charge on any atom is -0.310 e. The predicted octanol–water partition coefficient (Wildman–Crippen LogP) is 5.21. The maximum absolute atomic E-state index is 5.91. The van der Waals surface area contributed by atoms with Crippen LogP contribution < -0.4 is 5.32 Å². The van der Waals surface area contributed by atoms with E-state index in [1.807, 2.05) is 12.1 Å². The fourth-order valence-electron chi connectivity index (χ4n) is 2.15. The van der Waals surface area contributed by atoms with Crippen molar-refractivity contribution < 1.29 is 0 Å². The van der Waals surface area contributed by atoms with Gasteiger partial charge in [0.15, 0.2) is 0 Å². The first-order chi connectivity index (χ1) is 8.63. The van der Waals surface area contributed by atoms with E-state index < -0.39 is 0 Å². The van der Waals surface area contributed by atoms with Crippen LogP contribution in [0.5, 0.6) is 0 Å². The van der Waals surface area contributed by atoms with Crippen LogP contribution in [0.2, 0.25) is 5.02 Å². The highest BCUT2D eigenvalue weighted by Crippen LogP contribution is 2.19. The second kappa shape index (κ2) is 8.55. The minimum absolute atomic E-state index is 0.460. The van der Waals surface area contributed by atoms with Gasteiger partial charge in [0, 0.05) is 11.1 Å². The van der Waals surface area contributed by atoms with Crippen LogP contribution in [0.15, 0.2) is 24.3 Å². The molecule has 1 aromatic carbocycles. The minimum atomic E-state index is 0.460. The molecule has 18 heavy (non-hydrogen) atoms. The molecule has 0 aromatic heterocycles. The van der Waals surface area contributed by atoms with Gasteiger partial charge in [-0.3, -0.25) is 0 Å². The third-order valence-corrected chi connectivity index (χ3v) is 3.53. The molecular weight excluding hydrogens is 242 g/mol. The summed E-state index contributed by atoms with van der Waals surface area (Å²) in [6.45, 7) is 7.90. The van der Waals surface area contributed by atoms with Gasteiger partial charge in [-0.15, -0.1) is 0 Å². The molecule has 0 heterocycles. The van der Waals surface area contributed by atoms with Crippen LogP contribution in [-0.4, -0.2) is 6.54 Å². The van der Waals surface area contributed by atoms with Gasteiger partial charge in [0.05, 0.1) is 0 Å². The smallest absolute Gasteiger partial charge is 0.0406 e.